The van der Waals surface area contributed by atoms with Gasteiger partial charge in [-0.05, 0) is 36.6 Å². The zero-order valence-electron chi connectivity index (χ0n) is 14.6. The van der Waals surface area contributed by atoms with Crippen LogP contribution in [0.25, 0.3) is 0 Å². The second kappa shape index (κ2) is 8.27. The fraction of sp³-hybridized carbons (Fsp3) is 0.444. The average Bonchev–Trinajstić information content (AvgIpc) is 3.09. The van der Waals surface area contributed by atoms with Crippen molar-refractivity contribution in [1.29, 1.82) is 0 Å². The third-order valence-corrected chi connectivity index (χ3v) is 4.51. The first kappa shape index (κ1) is 18.3. The number of urea groups is 1. The zero-order chi connectivity index (χ0) is 18.5. The van der Waals surface area contributed by atoms with E-state index in [2.05, 4.69) is 10.4 Å². The van der Waals surface area contributed by atoms with Gasteiger partial charge in [-0.1, -0.05) is 0 Å². The van der Waals surface area contributed by atoms with Gasteiger partial charge in [-0.25, -0.2) is 13.6 Å². The summed E-state index contributed by atoms with van der Waals surface area (Å²) in [6, 6.07) is 4.88. The molecule has 0 saturated carbocycles. The Kier molecular flexibility index (Phi) is 5.82. The van der Waals surface area contributed by atoms with Gasteiger partial charge in [-0.15, -0.1) is 0 Å². The number of nitrogens with zero attached hydrogens (tertiary/aromatic N) is 3. The van der Waals surface area contributed by atoms with Crippen LogP contribution >= 0.6 is 0 Å². The van der Waals surface area contributed by atoms with Crippen LogP contribution in [0.1, 0.15) is 24.3 Å². The molecular formula is C18H22F2N4O2. The van der Waals surface area contributed by atoms with Crippen molar-refractivity contribution in [2.75, 3.05) is 32.1 Å². The van der Waals surface area contributed by atoms with Gasteiger partial charge in [0, 0.05) is 38.4 Å². The summed E-state index contributed by atoms with van der Waals surface area (Å²) >= 11 is 0. The number of methoxy groups -OCH3 is 1. The highest BCUT2D eigenvalue weighted by Crippen LogP contribution is 2.29. The first-order valence-electron chi connectivity index (χ1n) is 8.60. The maximum atomic E-state index is 14.0. The fourth-order valence-electron chi connectivity index (χ4n) is 3.17. The molecule has 2 amide bonds. The second-order valence-corrected chi connectivity index (χ2v) is 6.34. The highest BCUT2D eigenvalue weighted by atomic mass is 19.1. The SMILES string of the molecule is COCCn1ccc(NC(=O)N2CCC[C@@H](c3cc(F)ccc3F)C2)n1. The number of ether oxygens (including phenoxy) is 1. The molecule has 0 aliphatic carbocycles. The van der Waals surface area contributed by atoms with E-state index in [1.165, 1.54) is 6.07 Å². The summed E-state index contributed by atoms with van der Waals surface area (Å²) in [4.78, 5) is 14.1. The summed E-state index contributed by atoms with van der Waals surface area (Å²) in [6.07, 6.45) is 3.21. The van der Waals surface area contributed by atoms with E-state index >= 15 is 0 Å². The van der Waals surface area contributed by atoms with Crippen molar-refractivity contribution in [3.8, 4) is 0 Å². The summed E-state index contributed by atoms with van der Waals surface area (Å²) in [5.74, 6) is -0.672. The molecule has 26 heavy (non-hydrogen) atoms. The molecule has 140 valence electrons. The van der Waals surface area contributed by atoms with Gasteiger partial charge in [0.05, 0.1) is 13.2 Å². The molecule has 0 spiro atoms. The Morgan fingerprint density at radius 1 is 1.38 bits per heavy atom. The van der Waals surface area contributed by atoms with Crippen LogP contribution in [0, 0.1) is 11.6 Å². The Morgan fingerprint density at radius 3 is 3.04 bits per heavy atom. The van der Waals surface area contributed by atoms with E-state index < -0.39 is 11.6 Å². The monoisotopic (exact) mass is 364 g/mol. The second-order valence-electron chi connectivity index (χ2n) is 6.34. The van der Waals surface area contributed by atoms with Crippen LogP contribution in [-0.4, -0.2) is 47.5 Å². The lowest BCUT2D eigenvalue weighted by Crippen LogP contribution is -2.41. The molecule has 1 aliphatic rings. The standard InChI is InChI=1S/C18H22F2N4O2/c1-26-10-9-24-8-6-17(22-24)21-18(25)23-7-2-3-13(12-23)15-11-14(19)4-5-16(15)20/h4-6,8,11,13H,2-3,7,9-10,12H2,1H3,(H,21,22,25)/t13-/m1/s1. The van der Waals surface area contributed by atoms with E-state index in [1.807, 2.05) is 0 Å². The molecule has 1 atom stereocenters. The minimum Gasteiger partial charge on any atom is -0.383 e. The highest BCUT2D eigenvalue weighted by Gasteiger charge is 2.27. The third-order valence-electron chi connectivity index (χ3n) is 4.51. The predicted octanol–water partition coefficient (Wildman–Crippen LogP) is 3.22. The molecule has 2 heterocycles. The van der Waals surface area contributed by atoms with Gasteiger partial charge in [0.25, 0.3) is 0 Å². The molecule has 1 aliphatic heterocycles. The highest BCUT2D eigenvalue weighted by molar-refractivity contribution is 5.88. The zero-order valence-corrected chi connectivity index (χ0v) is 14.6. The lowest BCUT2D eigenvalue weighted by Gasteiger charge is -2.33. The van der Waals surface area contributed by atoms with Crippen molar-refractivity contribution in [2.24, 2.45) is 0 Å². The van der Waals surface area contributed by atoms with Crippen LogP contribution in [0.4, 0.5) is 19.4 Å². The number of anilines is 1. The summed E-state index contributed by atoms with van der Waals surface area (Å²) in [5.41, 5.74) is 0.325. The number of piperidine rings is 1. The number of carbonyl (C=O) groups is 1. The Bertz CT molecular complexity index is 765. The number of amides is 2. The lowest BCUT2D eigenvalue weighted by molar-refractivity contribution is 0.183. The maximum Gasteiger partial charge on any atom is 0.323 e. The van der Waals surface area contributed by atoms with Crippen LogP contribution < -0.4 is 5.32 Å². The molecule has 2 aromatic rings. The molecule has 3 rings (SSSR count). The quantitative estimate of drug-likeness (QED) is 0.886. The number of hydrogen-bond acceptors (Lipinski definition) is 3. The van der Waals surface area contributed by atoms with Crippen LogP contribution in [0.5, 0.6) is 0 Å². The van der Waals surface area contributed by atoms with Gasteiger partial charge in [-0.3, -0.25) is 10.00 Å². The largest absolute Gasteiger partial charge is 0.383 e. The number of carbonyl (C=O) groups excluding carboxylic acids is 1. The van der Waals surface area contributed by atoms with Crippen molar-refractivity contribution >= 4 is 11.8 Å². The van der Waals surface area contributed by atoms with Crippen molar-refractivity contribution in [1.82, 2.24) is 14.7 Å². The number of rotatable bonds is 5. The maximum absolute atomic E-state index is 14.0. The lowest BCUT2D eigenvalue weighted by atomic mass is 9.90. The normalized spacial score (nSPS) is 17.3. The minimum atomic E-state index is -0.468. The molecule has 1 aromatic carbocycles. The summed E-state index contributed by atoms with van der Waals surface area (Å²) in [7, 11) is 1.61. The van der Waals surface area contributed by atoms with Gasteiger partial charge in [0.2, 0.25) is 0 Å². The Labute approximate surface area is 150 Å². The van der Waals surface area contributed by atoms with E-state index in [4.69, 9.17) is 4.74 Å². The smallest absolute Gasteiger partial charge is 0.323 e. The van der Waals surface area contributed by atoms with Gasteiger partial charge in [0.1, 0.15) is 11.6 Å². The molecule has 1 fully saturated rings. The average molecular weight is 364 g/mol. The number of likely N-dealkylation sites (tertiary alicyclic amines) is 1. The Morgan fingerprint density at radius 2 is 2.23 bits per heavy atom. The molecule has 0 unspecified atom stereocenters. The molecule has 0 bridgehead atoms. The van der Waals surface area contributed by atoms with Crippen molar-refractivity contribution < 1.29 is 18.3 Å². The van der Waals surface area contributed by atoms with Crippen molar-refractivity contribution in [3.05, 3.63) is 47.7 Å². The van der Waals surface area contributed by atoms with E-state index in [1.54, 1.807) is 29.0 Å². The van der Waals surface area contributed by atoms with Crippen molar-refractivity contribution in [3.63, 3.8) is 0 Å². The van der Waals surface area contributed by atoms with Gasteiger partial charge in [0.15, 0.2) is 5.82 Å². The summed E-state index contributed by atoms with van der Waals surface area (Å²) < 4.78 is 34.2. The molecule has 0 radical (unpaired) electrons. The minimum absolute atomic E-state index is 0.218. The molecule has 8 heteroatoms. The van der Waals surface area contributed by atoms with Crippen LogP contribution in [0.15, 0.2) is 30.5 Å². The Balaban J connectivity index is 1.62. The van der Waals surface area contributed by atoms with Crippen LogP contribution in [0.2, 0.25) is 0 Å². The number of halogens is 2. The molecule has 1 N–H and O–H groups in total. The first-order valence-corrected chi connectivity index (χ1v) is 8.60. The number of benzene rings is 1. The first-order chi connectivity index (χ1) is 12.6. The number of aromatic nitrogens is 2. The molecular weight excluding hydrogens is 342 g/mol. The molecule has 6 nitrogen and oxygen atoms in total. The topological polar surface area (TPSA) is 59.4 Å². The van der Waals surface area contributed by atoms with Gasteiger partial charge >= 0.3 is 6.03 Å². The molecule has 1 aromatic heterocycles. The van der Waals surface area contributed by atoms with Crippen LogP contribution in [-0.2, 0) is 11.3 Å². The number of nitrogens with one attached hydrogen (secondary N) is 1. The van der Waals surface area contributed by atoms with E-state index in [0.29, 0.717) is 37.6 Å². The van der Waals surface area contributed by atoms with E-state index in [0.717, 1.165) is 25.0 Å². The van der Waals surface area contributed by atoms with Crippen molar-refractivity contribution in [2.45, 2.75) is 25.3 Å². The summed E-state index contributed by atoms with van der Waals surface area (Å²) in [6.45, 7) is 2.04. The number of hydrogen-bond donors (Lipinski definition) is 1. The van der Waals surface area contributed by atoms with Crippen LogP contribution in [0.3, 0.4) is 0 Å². The third kappa shape index (κ3) is 4.37. The summed E-state index contributed by atoms with van der Waals surface area (Å²) in [5, 5.41) is 7.01. The van der Waals surface area contributed by atoms with E-state index in [9.17, 15) is 13.6 Å². The van der Waals surface area contributed by atoms with Gasteiger partial charge < -0.3 is 9.64 Å². The van der Waals surface area contributed by atoms with E-state index in [-0.39, 0.29) is 11.9 Å². The fourth-order valence-corrected chi connectivity index (χ4v) is 3.17. The molecule has 1 saturated heterocycles. The Hall–Kier alpha value is -2.48. The predicted molar refractivity (Wildman–Crippen MR) is 93.0 cm³/mol. The van der Waals surface area contributed by atoms with Gasteiger partial charge in [-0.2, -0.15) is 5.10 Å².